The molecule has 1 atom stereocenters. The van der Waals surface area contributed by atoms with Crippen LogP contribution in [0.5, 0.6) is 0 Å². The molecule has 10 heteroatoms. The number of urea groups is 1. The number of allylic oxidation sites excluding steroid dienone is 1. The molecule has 0 bridgehead atoms. The van der Waals surface area contributed by atoms with Gasteiger partial charge in [0.1, 0.15) is 5.69 Å². The van der Waals surface area contributed by atoms with Crippen LogP contribution in [0.2, 0.25) is 0 Å². The molecular weight excluding hydrogens is 424 g/mol. The number of nitro benzene ring substituents is 1. The van der Waals surface area contributed by atoms with Gasteiger partial charge in [0.15, 0.2) is 5.78 Å². The number of nitrogens with zero attached hydrogens (tertiary/aromatic N) is 5. The standard InChI is InChI=1S/C23H22N6O4/c1-15-21(16(2)30)22(18-6-4-3-5-7-18)24-23(31)28(15)14-19-13-27(26-25-19)12-17-8-10-20(11-9-17)29(32)33/h3-11,13,22H,12,14H2,1-2H3,(H,24,31). The molecule has 10 nitrogen and oxygen atoms in total. The van der Waals surface area contributed by atoms with Gasteiger partial charge in [-0.05, 0) is 25.0 Å². The quantitative estimate of drug-likeness (QED) is 0.438. The Kier molecular flexibility index (Phi) is 5.99. The fourth-order valence-corrected chi connectivity index (χ4v) is 3.88. The van der Waals surface area contributed by atoms with Crippen LogP contribution in [0.1, 0.15) is 36.7 Å². The maximum absolute atomic E-state index is 12.9. The van der Waals surface area contributed by atoms with Gasteiger partial charge in [-0.25, -0.2) is 9.48 Å². The minimum Gasteiger partial charge on any atom is -0.327 e. The molecule has 1 aliphatic rings. The lowest BCUT2D eigenvalue weighted by molar-refractivity contribution is -0.384. The van der Waals surface area contributed by atoms with Crippen molar-refractivity contribution in [2.45, 2.75) is 33.0 Å². The lowest BCUT2D eigenvalue weighted by Crippen LogP contribution is -2.47. The third-order valence-corrected chi connectivity index (χ3v) is 5.51. The van der Waals surface area contributed by atoms with Gasteiger partial charge < -0.3 is 5.32 Å². The normalized spacial score (nSPS) is 16.0. The van der Waals surface area contributed by atoms with Crippen molar-refractivity contribution in [3.8, 4) is 0 Å². The molecule has 1 aliphatic heterocycles. The maximum atomic E-state index is 12.9. The number of Topliss-reactive ketones (excluding diaryl/α,β-unsaturated/α-hetero) is 1. The average molecular weight is 446 g/mol. The Hall–Kier alpha value is -4.34. The fraction of sp³-hybridized carbons (Fsp3) is 0.217. The predicted octanol–water partition coefficient (Wildman–Crippen LogP) is 3.36. The van der Waals surface area contributed by atoms with Crippen molar-refractivity contribution in [2.24, 2.45) is 0 Å². The molecule has 0 saturated carbocycles. The summed E-state index contributed by atoms with van der Waals surface area (Å²) >= 11 is 0. The lowest BCUT2D eigenvalue weighted by atomic mass is 9.92. The lowest BCUT2D eigenvalue weighted by Gasteiger charge is -2.35. The molecule has 1 aromatic heterocycles. The number of hydrogen-bond donors (Lipinski definition) is 1. The molecule has 0 radical (unpaired) electrons. The number of ketones is 1. The van der Waals surface area contributed by atoms with Crippen LogP contribution in [0, 0.1) is 10.1 Å². The molecule has 3 aromatic rings. The SMILES string of the molecule is CC(=O)C1=C(C)N(Cc2cn(Cc3ccc([N+](=O)[O-])cc3)nn2)C(=O)NC1c1ccccc1. The van der Waals surface area contributed by atoms with Gasteiger partial charge in [0, 0.05) is 23.4 Å². The molecule has 33 heavy (non-hydrogen) atoms. The summed E-state index contributed by atoms with van der Waals surface area (Å²) in [6.07, 6.45) is 1.71. The highest BCUT2D eigenvalue weighted by molar-refractivity contribution is 5.98. The second kappa shape index (κ2) is 9.03. The van der Waals surface area contributed by atoms with E-state index in [0.717, 1.165) is 11.1 Å². The van der Waals surface area contributed by atoms with E-state index in [0.29, 0.717) is 23.5 Å². The van der Waals surface area contributed by atoms with E-state index in [9.17, 15) is 19.7 Å². The first-order chi connectivity index (χ1) is 15.8. The predicted molar refractivity (Wildman–Crippen MR) is 119 cm³/mol. The first-order valence-electron chi connectivity index (χ1n) is 10.3. The largest absolute Gasteiger partial charge is 0.327 e. The van der Waals surface area contributed by atoms with Gasteiger partial charge in [-0.15, -0.1) is 5.10 Å². The third kappa shape index (κ3) is 4.64. The number of nitrogens with one attached hydrogen (secondary N) is 1. The Morgan fingerprint density at radius 1 is 1.12 bits per heavy atom. The van der Waals surface area contributed by atoms with Crippen molar-refractivity contribution < 1.29 is 14.5 Å². The van der Waals surface area contributed by atoms with Crippen LogP contribution in [0.3, 0.4) is 0 Å². The highest BCUT2D eigenvalue weighted by atomic mass is 16.6. The topological polar surface area (TPSA) is 123 Å². The first-order valence-corrected chi connectivity index (χ1v) is 10.3. The molecule has 2 amide bonds. The highest BCUT2D eigenvalue weighted by Gasteiger charge is 2.34. The van der Waals surface area contributed by atoms with Crippen molar-refractivity contribution in [3.63, 3.8) is 0 Å². The molecule has 2 heterocycles. The molecule has 1 unspecified atom stereocenters. The molecule has 0 fully saturated rings. The molecule has 4 rings (SSSR count). The monoisotopic (exact) mass is 446 g/mol. The zero-order chi connectivity index (χ0) is 23.5. The van der Waals surface area contributed by atoms with Gasteiger partial charge in [-0.1, -0.05) is 47.7 Å². The van der Waals surface area contributed by atoms with Crippen molar-refractivity contribution in [2.75, 3.05) is 0 Å². The number of amides is 2. The Morgan fingerprint density at radius 3 is 2.45 bits per heavy atom. The van der Waals surface area contributed by atoms with Gasteiger partial charge in [-0.3, -0.25) is 19.8 Å². The minimum absolute atomic E-state index is 0.0199. The summed E-state index contributed by atoms with van der Waals surface area (Å²) in [5, 5.41) is 22.0. The smallest absolute Gasteiger partial charge is 0.322 e. The zero-order valence-electron chi connectivity index (χ0n) is 18.1. The summed E-state index contributed by atoms with van der Waals surface area (Å²) in [6.45, 7) is 3.77. The average Bonchev–Trinajstić information content (AvgIpc) is 3.23. The van der Waals surface area contributed by atoms with Gasteiger partial charge >= 0.3 is 6.03 Å². The number of carbonyl (C=O) groups is 2. The van der Waals surface area contributed by atoms with E-state index >= 15 is 0 Å². The van der Waals surface area contributed by atoms with Crippen molar-refractivity contribution in [1.82, 2.24) is 25.2 Å². The second-order valence-corrected chi connectivity index (χ2v) is 7.77. The van der Waals surface area contributed by atoms with E-state index in [1.165, 1.54) is 24.0 Å². The van der Waals surface area contributed by atoms with Crippen LogP contribution >= 0.6 is 0 Å². The maximum Gasteiger partial charge on any atom is 0.322 e. The summed E-state index contributed by atoms with van der Waals surface area (Å²) in [5.74, 6) is -0.117. The van der Waals surface area contributed by atoms with Crippen LogP contribution < -0.4 is 5.32 Å². The Bertz CT molecular complexity index is 1230. The Morgan fingerprint density at radius 2 is 1.82 bits per heavy atom. The fourth-order valence-electron chi connectivity index (χ4n) is 3.88. The molecule has 0 spiro atoms. The number of non-ortho nitro benzene ring substituents is 1. The summed E-state index contributed by atoms with van der Waals surface area (Å²) in [6, 6.07) is 14.7. The van der Waals surface area contributed by atoms with E-state index in [2.05, 4.69) is 15.6 Å². The van der Waals surface area contributed by atoms with E-state index in [1.807, 2.05) is 30.3 Å². The van der Waals surface area contributed by atoms with Gasteiger partial charge in [0.05, 0.1) is 30.3 Å². The number of carbonyl (C=O) groups excluding carboxylic acids is 2. The van der Waals surface area contributed by atoms with Crippen LogP contribution in [-0.2, 0) is 17.9 Å². The zero-order valence-corrected chi connectivity index (χ0v) is 18.1. The Balaban J connectivity index is 1.53. The number of aromatic nitrogens is 3. The summed E-state index contributed by atoms with van der Waals surface area (Å²) < 4.78 is 1.59. The van der Waals surface area contributed by atoms with Crippen LogP contribution in [0.4, 0.5) is 10.5 Å². The summed E-state index contributed by atoms with van der Waals surface area (Å²) in [5.41, 5.74) is 3.33. The first kappa shape index (κ1) is 21.9. The molecule has 1 N–H and O–H groups in total. The second-order valence-electron chi connectivity index (χ2n) is 7.77. The molecule has 0 saturated heterocycles. The van der Waals surface area contributed by atoms with Crippen molar-refractivity contribution in [1.29, 1.82) is 0 Å². The van der Waals surface area contributed by atoms with Gasteiger partial charge in [0.25, 0.3) is 5.69 Å². The Labute approximate surface area is 189 Å². The number of rotatable bonds is 7. The van der Waals surface area contributed by atoms with Crippen molar-refractivity contribution in [3.05, 3.63) is 99.0 Å². The van der Waals surface area contributed by atoms with Crippen molar-refractivity contribution >= 4 is 17.5 Å². The number of hydrogen-bond acceptors (Lipinski definition) is 6. The van der Waals surface area contributed by atoms with E-state index < -0.39 is 11.0 Å². The van der Waals surface area contributed by atoms with Gasteiger partial charge in [0.2, 0.25) is 0 Å². The third-order valence-electron chi connectivity index (χ3n) is 5.51. The summed E-state index contributed by atoms with van der Waals surface area (Å²) in [4.78, 5) is 37.2. The molecule has 2 aromatic carbocycles. The summed E-state index contributed by atoms with van der Waals surface area (Å²) in [7, 11) is 0. The van der Waals surface area contributed by atoms with Crippen LogP contribution in [0.15, 0.2) is 72.1 Å². The van der Waals surface area contributed by atoms with Crippen LogP contribution in [0.25, 0.3) is 0 Å². The molecule has 168 valence electrons. The minimum atomic E-state index is -0.509. The molecular formula is C23H22N6O4. The van der Waals surface area contributed by atoms with Crippen LogP contribution in [-0.4, -0.2) is 36.6 Å². The number of benzene rings is 2. The number of nitro groups is 1. The molecule has 0 aliphatic carbocycles. The van der Waals surface area contributed by atoms with E-state index in [-0.39, 0.29) is 24.0 Å². The van der Waals surface area contributed by atoms with E-state index in [4.69, 9.17) is 0 Å². The van der Waals surface area contributed by atoms with Gasteiger partial charge in [-0.2, -0.15) is 0 Å². The van der Waals surface area contributed by atoms with E-state index in [1.54, 1.807) is 29.9 Å². The highest BCUT2D eigenvalue weighted by Crippen LogP contribution is 2.31.